The molecular formula is C16H22N2O2. The Morgan fingerprint density at radius 3 is 2.60 bits per heavy atom. The molecule has 0 aromatic heterocycles. The molecule has 1 aliphatic heterocycles. The fourth-order valence-electron chi connectivity index (χ4n) is 2.60. The zero-order valence-corrected chi connectivity index (χ0v) is 11.8. The Morgan fingerprint density at radius 1 is 1.25 bits per heavy atom. The number of nitrogens with one attached hydrogen (secondary N) is 1. The van der Waals surface area contributed by atoms with Crippen molar-refractivity contribution < 1.29 is 9.53 Å². The predicted octanol–water partition coefficient (Wildman–Crippen LogP) is 1.59. The summed E-state index contributed by atoms with van der Waals surface area (Å²) >= 11 is 0. The highest BCUT2D eigenvalue weighted by molar-refractivity contribution is 5.81. The zero-order valence-electron chi connectivity index (χ0n) is 11.8. The summed E-state index contributed by atoms with van der Waals surface area (Å²) < 4.78 is 5.39. The minimum atomic E-state index is 0.0856. The quantitative estimate of drug-likeness (QED) is 0.886. The maximum Gasteiger partial charge on any atom is 0.223 e. The minimum Gasteiger partial charge on any atom is -0.379 e. The van der Waals surface area contributed by atoms with Gasteiger partial charge < -0.3 is 10.1 Å². The van der Waals surface area contributed by atoms with Gasteiger partial charge in [-0.25, -0.2) is 0 Å². The van der Waals surface area contributed by atoms with Gasteiger partial charge in [0, 0.05) is 25.6 Å². The second-order valence-electron chi connectivity index (χ2n) is 5.66. The number of nitrogens with zero attached hydrogens (tertiary/aromatic N) is 1. The third-order valence-corrected chi connectivity index (χ3v) is 4.01. The maximum absolute atomic E-state index is 12.1. The number of carbonyl (C=O) groups is 1. The highest BCUT2D eigenvalue weighted by Gasteiger charge is 2.31. The third-order valence-electron chi connectivity index (χ3n) is 4.01. The molecule has 2 aliphatic rings. The van der Waals surface area contributed by atoms with Crippen molar-refractivity contribution in [2.24, 2.45) is 5.92 Å². The average Bonchev–Trinajstić information content (AvgIpc) is 3.33. The third kappa shape index (κ3) is 3.58. The number of hydrogen-bond donors (Lipinski definition) is 1. The van der Waals surface area contributed by atoms with Gasteiger partial charge in [-0.2, -0.15) is 0 Å². The monoisotopic (exact) mass is 274 g/mol. The van der Waals surface area contributed by atoms with Crippen LogP contribution in [0, 0.1) is 5.92 Å². The van der Waals surface area contributed by atoms with Crippen LogP contribution >= 0.6 is 0 Å². The van der Waals surface area contributed by atoms with E-state index < -0.39 is 0 Å². The maximum atomic E-state index is 12.1. The molecule has 2 fully saturated rings. The molecule has 1 aliphatic carbocycles. The highest BCUT2D eigenvalue weighted by Crippen LogP contribution is 2.30. The van der Waals surface area contributed by atoms with Crippen LogP contribution in [0.25, 0.3) is 0 Å². The predicted molar refractivity (Wildman–Crippen MR) is 77.3 cm³/mol. The van der Waals surface area contributed by atoms with Gasteiger partial charge in [-0.3, -0.25) is 9.69 Å². The number of hydrogen-bond acceptors (Lipinski definition) is 3. The smallest absolute Gasteiger partial charge is 0.223 e. The lowest BCUT2D eigenvalue weighted by molar-refractivity contribution is -0.123. The van der Waals surface area contributed by atoms with Crippen molar-refractivity contribution in [1.82, 2.24) is 10.2 Å². The number of carbonyl (C=O) groups excluding carboxylic acids is 1. The van der Waals surface area contributed by atoms with Crippen LogP contribution < -0.4 is 5.32 Å². The molecule has 1 aromatic carbocycles. The topological polar surface area (TPSA) is 41.6 Å². The van der Waals surface area contributed by atoms with E-state index in [1.807, 2.05) is 18.2 Å². The Balaban J connectivity index is 1.66. The summed E-state index contributed by atoms with van der Waals surface area (Å²) in [6.45, 7) is 4.34. The van der Waals surface area contributed by atoms with Gasteiger partial charge in [0.1, 0.15) is 0 Å². The standard InChI is InChI=1S/C16H22N2O2/c19-16(14-6-7-14)17-15(13-4-2-1-3-5-13)12-18-8-10-20-11-9-18/h1-5,14-15H,6-12H2,(H,17,19). The van der Waals surface area contributed by atoms with Gasteiger partial charge in [-0.1, -0.05) is 30.3 Å². The molecule has 1 atom stereocenters. The molecule has 3 rings (SSSR count). The summed E-state index contributed by atoms with van der Waals surface area (Å²) in [6.07, 6.45) is 2.09. The molecule has 0 bridgehead atoms. The summed E-state index contributed by atoms with van der Waals surface area (Å²) in [5.74, 6) is 0.470. The molecule has 1 saturated carbocycles. The lowest BCUT2D eigenvalue weighted by Crippen LogP contribution is -2.43. The number of amides is 1. The van der Waals surface area contributed by atoms with E-state index in [0.29, 0.717) is 0 Å². The highest BCUT2D eigenvalue weighted by atomic mass is 16.5. The van der Waals surface area contributed by atoms with E-state index in [4.69, 9.17) is 4.74 Å². The van der Waals surface area contributed by atoms with Crippen molar-refractivity contribution in [3.63, 3.8) is 0 Å². The average molecular weight is 274 g/mol. The molecule has 4 nitrogen and oxygen atoms in total. The summed E-state index contributed by atoms with van der Waals surface area (Å²) in [5, 5.41) is 3.22. The summed E-state index contributed by atoms with van der Waals surface area (Å²) in [6, 6.07) is 10.4. The summed E-state index contributed by atoms with van der Waals surface area (Å²) in [4.78, 5) is 14.4. The van der Waals surface area contributed by atoms with Crippen molar-refractivity contribution >= 4 is 5.91 Å². The minimum absolute atomic E-state index is 0.0856. The van der Waals surface area contributed by atoms with Gasteiger partial charge in [-0.05, 0) is 18.4 Å². The number of morpholine rings is 1. The van der Waals surface area contributed by atoms with Gasteiger partial charge in [0.15, 0.2) is 0 Å². The van der Waals surface area contributed by atoms with Crippen LogP contribution in [0.15, 0.2) is 30.3 Å². The Kier molecular flexibility index (Phi) is 4.33. The number of ether oxygens (including phenoxy) is 1. The largest absolute Gasteiger partial charge is 0.379 e. The number of benzene rings is 1. The van der Waals surface area contributed by atoms with Crippen molar-refractivity contribution in [2.45, 2.75) is 18.9 Å². The van der Waals surface area contributed by atoms with Crippen LogP contribution in [0.1, 0.15) is 24.4 Å². The van der Waals surface area contributed by atoms with Crippen LogP contribution in [0.3, 0.4) is 0 Å². The van der Waals surface area contributed by atoms with E-state index in [1.165, 1.54) is 5.56 Å². The van der Waals surface area contributed by atoms with E-state index in [1.54, 1.807) is 0 Å². The van der Waals surface area contributed by atoms with Crippen molar-refractivity contribution in [1.29, 1.82) is 0 Å². The molecule has 1 amide bonds. The normalized spacial score (nSPS) is 21.4. The second kappa shape index (κ2) is 6.37. The van der Waals surface area contributed by atoms with E-state index in [2.05, 4.69) is 22.3 Å². The van der Waals surface area contributed by atoms with Crippen LogP contribution in [0.2, 0.25) is 0 Å². The van der Waals surface area contributed by atoms with Gasteiger partial charge in [0.2, 0.25) is 5.91 Å². The Bertz CT molecular complexity index is 439. The van der Waals surface area contributed by atoms with Crippen molar-refractivity contribution in [2.75, 3.05) is 32.8 Å². The molecule has 1 saturated heterocycles. The molecule has 4 heteroatoms. The zero-order chi connectivity index (χ0) is 13.8. The van der Waals surface area contributed by atoms with Gasteiger partial charge >= 0.3 is 0 Å². The van der Waals surface area contributed by atoms with E-state index in [9.17, 15) is 4.79 Å². The fourth-order valence-corrected chi connectivity index (χ4v) is 2.60. The summed E-state index contributed by atoms with van der Waals surface area (Å²) in [7, 11) is 0. The Hall–Kier alpha value is -1.39. The first-order valence-electron chi connectivity index (χ1n) is 7.48. The molecule has 0 radical (unpaired) electrons. The van der Waals surface area contributed by atoms with Crippen LogP contribution in [0.4, 0.5) is 0 Å². The lowest BCUT2D eigenvalue weighted by Gasteiger charge is -2.31. The van der Waals surface area contributed by atoms with Gasteiger partial charge in [0.25, 0.3) is 0 Å². The molecule has 1 N–H and O–H groups in total. The number of rotatable bonds is 5. The van der Waals surface area contributed by atoms with Crippen molar-refractivity contribution in [3.8, 4) is 0 Å². The first kappa shape index (κ1) is 13.6. The van der Waals surface area contributed by atoms with E-state index >= 15 is 0 Å². The van der Waals surface area contributed by atoms with Gasteiger partial charge in [0.05, 0.1) is 19.3 Å². The fraction of sp³-hybridized carbons (Fsp3) is 0.562. The molecule has 20 heavy (non-hydrogen) atoms. The van der Waals surface area contributed by atoms with Crippen LogP contribution in [-0.2, 0) is 9.53 Å². The Labute approximate surface area is 120 Å². The molecule has 1 unspecified atom stereocenters. The summed E-state index contributed by atoms with van der Waals surface area (Å²) in [5.41, 5.74) is 1.19. The Morgan fingerprint density at radius 2 is 1.95 bits per heavy atom. The molecule has 1 heterocycles. The SMILES string of the molecule is O=C(NC(CN1CCOCC1)c1ccccc1)C1CC1. The first-order chi connectivity index (χ1) is 9.83. The van der Waals surface area contributed by atoms with Gasteiger partial charge in [-0.15, -0.1) is 0 Å². The molecule has 108 valence electrons. The molecule has 0 spiro atoms. The van der Waals surface area contributed by atoms with E-state index in [-0.39, 0.29) is 17.9 Å². The van der Waals surface area contributed by atoms with Crippen LogP contribution in [0.5, 0.6) is 0 Å². The molecular weight excluding hydrogens is 252 g/mol. The lowest BCUT2D eigenvalue weighted by atomic mass is 10.1. The van der Waals surface area contributed by atoms with Crippen LogP contribution in [-0.4, -0.2) is 43.7 Å². The second-order valence-corrected chi connectivity index (χ2v) is 5.66. The first-order valence-corrected chi connectivity index (χ1v) is 7.48. The molecule has 1 aromatic rings. The van der Waals surface area contributed by atoms with E-state index in [0.717, 1.165) is 45.7 Å². The van der Waals surface area contributed by atoms with Crippen molar-refractivity contribution in [3.05, 3.63) is 35.9 Å².